The van der Waals surface area contributed by atoms with Gasteiger partial charge in [0.15, 0.2) is 0 Å². The lowest BCUT2D eigenvalue weighted by Gasteiger charge is -2.30. The number of ether oxygens (including phenoxy) is 1. The third-order valence-electron chi connectivity index (χ3n) is 5.08. The van der Waals surface area contributed by atoms with E-state index in [1.807, 2.05) is 6.07 Å². The maximum atomic E-state index is 13.5. The smallest absolute Gasteiger partial charge is 0.410 e. The van der Waals surface area contributed by atoms with E-state index >= 15 is 0 Å². The van der Waals surface area contributed by atoms with Crippen LogP contribution in [0.4, 0.5) is 13.6 Å². The molecule has 7 heteroatoms. The molecule has 1 aliphatic rings. The molecular weight excluding hydrogens is 352 g/mol. The number of benzene rings is 1. The number of halogens is 2. The van der Waals surface area contributed by atoms with Gasteiger partial charge in [-0.25, -0.2) is 18.6 Å². The quantitative estimate of drug-likeness (QED) is 0.827. The molecule has 3 rings (SSSR count). The van der Waals surface area contributed by atoms with Gasteiger partial charge in [-0.1, -0.05) is 20.8 Å². The number of fused-ring (bicyclic) bond motifs is 1. The number of carbonyl (C=O) groups excluding carboxylic acids is 1. The molecular formula is C20H27F2N3O2. The Bertz CT molecular complexity index is 830. The normalized spacial score (nSPS) is 17.9. The molecule has 1 N–H and O–H groups in total. The van der Waals surface area contributed by atoms with Gasteiger partial charge in [-0.2, -0.15) is 0 Å². The third kappa shape index (κ3) is 4.39. The molecule has 0 aliphatic heterocycles. The van der Waals surface area contributed by atoms with Crippen molar-refractivity contribution in [3.8, 4) is 5.75 Å². The standard InChI is InChI=1S/C20H27F2N3O2/c1-19(2,3)17-24-15-11-14(27-18(26)23-4)5-6-16(15)25(17)12-13-7-9-20(21,22)10-8-13/h5-6,11,13H,7-10,12H2,1-4H3,(H,23,26). The van der Waals surface area contributed by atoms with Gasteiger partial charge in [0.05, 0.1) is 11.0 Å². The number of rotatable bonds is 3. The Kier molecular flexibility index (Phi) is 5.14. The molecule has 27 heavy (non-hydrogen) atoms. The summed E-state index contributed by atoms with van der Waals surface area (Å²) in [7, 11) is 1.50. The van der Waals surface area contributed by atoms with Crippen LogP contribution in [0.1, 0.15) is 52.3 Å². The average molecular weight is 379 g/mol. The highest BCUT2D eigenvalue weighted by atomic mass is 19.3. The van der Waals surface area contributed by atoms with Crippen molar-refractivity contribution in [2.24, 2.45) is 5.92 Å². The van der Waals surface area contributed by atoms with Gasteiger partial charge in [-0.3, -0.25) is 0 Å². The highest BCUT2D eigenvalue weighted by molar-refractivity contribution is 5.79. The molecule has 1 saturated carbocycles. The van der Waals surface area contributed by atoms with Gasteiger partial charge in [0.25, 0.3) is 0 Å². The van der Waals surface area contributed by atoms with E-state index in [4.69, 9.17) is 9.72 Å². The zero-order valence-electron chi connectivity index (χ0n) is 16.3. The summed E-state index contributed by atoms with van der Waals surface area (Å²) in [4.78, 5) is 16.2. The number of carbonyl (C=O) groups is 1. The Balaban J connectivity index is 1.93. The highest BCUT2D eigenvalue weighted by Gasteiger charge is 2.35. The first kappa shape index (κ1) is 19.6. The third-order valence-corrected chi connectivity index (χ3v) is 5.08. The van der Waals surface area contributed by atoms with Gasteiger partial charge in [-0.15, -0.1) is 0 Å². The highest BCUT2D eigenvalue weighted by Crippen LogP contribution is 2.38. The van der Waals surface area contributed by atoms with Crippen molar-refractivity contribution in [2.45, 2.75) is 64.3 Å². The lowest BCUT2D eigenvalue weighted by atomic mass is 9.86. The average Bonchev–Trinajstić information content (AvgIpc) is 2.94. The second-order valence-corrected chi connectivity index (χ2v) is 8.39. The molecule has 2 aromatic rings. The summed E-state index contributed by atoms with van der Waals surface area (Å²) in [5.74, 6) is -0.979. The summed E-state index contributed by atoms with van der Waals surface area (Å²) >= 11 is 0. The largest absolute Gasteiger partial charge is 0.412 e. The van der Waals surface area contributed by atoms with Gasteiger partial charge < -0.3 is 14.6 Å². The van der Waals surface area contributed by atoms with Gasteiger partial charge in [0, 0.05) is 37.9 Å². The fourth-order valence-corrected chi connectivity index (χ4v) is 3.63. The molecule has 0 saturated heterocycles. The molecule has 1 fully saturated rings. The fraction of sp³-hybridized carbons (Fsp3) is 0.600. The summed E-state index contributed by atoms with van der Waals surface area (Å²) < 4.78 is 34.3. The maximum absolute atomic E-state index is 13.5. The maximum Gasteiger partial charge on any atom is 0.412 e. The van der Waals surface area contributed by atoms with Crippen molar-refractivity contribution in [1.82, 2.24) is 14.9 Å². The molecule has 1 aliphatic carbocycles. The Morgan fingerprint density at radius 2 is 2.00 bits per heavy atom. The van der Waals surface area contributed by atoms with Crippen molar-refractivity contribution in [2.75, 3.05) is 7.05 Å². The zero-order valence-corrected chi connectivity index (χ0v) is 16.3. The van der Waals surface area contributed by atoms with Crippen LogP contribution in [0.25, 0.3) is 11.0 Å². The number of nitrogens with zero attached hydrogens (tertiary/aromatic N) is 2. The van der Waals surface area contributed by atoms with Gasteiger partial charge in [0.2, 0.25) is 5.92 Å². The van der Waals surface area contributed by atoms with Crippen molar-refractivity contribution in [1.29, 1.82) is 0 Å². The summed E-state index contributed by atoms with van der Waals surface area (Å²) in [5, 5.41) is 2.42. The van der Waals surface area contributed by atoms with Crippen molar-refractivity contribution >= 4 is 17.1 Å². The van der Waals surface area contributed by atoms with Crippen LogP contribution in [0, 0.1) is 5.92 Å². The van der Waals surface area contributed by atoms with Gasteiger partial charge >= 0.3 is 6.09 Å². The SMILES string of the molecule is CNC(=O)Oc1ccc2c(c1)nc(C(C)(C)C)n2CC1CCC(F)(F)CC1. The molecule has 0 radical (unpaired) electrons. The summed E-state index contributed by atoms with van der Waals surface area (Å²) in [6.07, 6.45) is 0.425. The van der Waals surface area contributed by atoms with Crippen LogP contribution in [-0.2, 0) is 12.0 Å². The van der Waals surface area contributed by atoms with Gasteiger partial charge in [0.1, 0.15) is 11.6 Å². The van der Waals surface area contributed by atoms with Crippen molar-refractivity contribution < 1.29 is 18.3 Å². The number of hydrogen-bond acceptors (Lipinski definition) is 3. The van der Waals surface area contributed by atoms with Crippen LogP contribution in [-0.4, -0.2) is 28.6 Å². The molecule has 148 valence electrons. The number of nitrogens with one attached hydrogen (secondary N) is 1. The molecule has 0 unspecified atom stereocenters. The first-order valence-electron chi connectivity index (χ1n) is 9.37. The molecule has 0 spiro atoms. The number of aromatic nitrogens is 2. The molecule has 1 amide bonds. The molecule has 5 nitrogen and oxygen atoms in total. The number of hydrogen-bond donors (Lipinski definition) is 1. The van der Waals surface area contributed by atoms with Crippen LogP contribution in [0.3, 0.4) is 0 Å². The van der Waals surface area contributed by atoms with Crippen molar-refractivity contribution in [3.05, 3.63) is 24.0 Å². The van der Waals surface area contributed by atoms with Crippen LogP contribution in [0.15, 0.2) is 18.2 Å². The minimum atomic E-state index is -2.52. The molecule has 0 bridgehead atoms. The summed E-state index contributed by atoms with van der Waals surface area (Å²) in [6, 6.07) is 5.36. The molecule has 0 atom stereocenters. The van der Waals surface area contributed by atoms with Crippen LogP contribution >= 0.6 is 0 Å². The first-order valence-corrected chi connectivity index (χ1v) is 9.37. The van der Waals surface area contributed by atoms with E-state index < -0.39 is 12.0 Å². The van der Waals surface area contributed by atoms with E-state index in [0.29, 0.717) is 25.1 Å². The van der Waals surface area contributed by atoms with Crippen LogP contribution in [0.5, 0.6) is 5.75 Å². The van der Waals surface area contributed by atoms with E-state index in [1.54, 1.807) is 12.1 Å². The fourth-order valence-electron chi connectivity index (χ4n) is 3.63. The monoisotopic (exact) mass is 379 g/mol. The zero-order chi connectivity index (χ0) is 19.8. The topological polar surface area (TPSA) is 56.1 Å². The lowest BCUT2D eigenvalue weighted by Crippen LogP contribution is -2.28. The Morgan fingerprint density at radius 1 is 1.33 bits per heavy atom. The molecule has 1 heterocycles. The predicted molar refractivity (Wildman–Crippen MR) is 100 cm³/mol. The molecule has 1 aromatic heterocycles. The minimum Gasteiger partial charge on any atom is -0.410 e. The van der Waals surface area contributed by atoms with E-state index in [9.17, 15) is 13.6 Å². The number of alkyl halides is 2. The minimum absolute atomic E-state index is 0.0424. The molecule has 1 aromatic carbocycles. The summed E-state index contributed by atoms with van der Waals surface area (Å²) in [5.41, 5.74) is 1.48. The van der Waals surface area contributed by atoms with Crippen LogP contribution < -0.4 is 10.1 Å². The van der Waals surface area contributed by atoms with Crippen LogP contribution in [0.2, 0.25) is 0 Å². The van der Waals surface area contributed by atoms with E-state index in [2.05, 4.69) is 30.7 Å². The second kappa shape index (κ2) is 7.09. The predicted octanol–water partition coefficient (Wildman–Crippen LogP) is 4.88. The van der Waals surface area contributed by atoms with Crippen molar-refractivity contribution in [3.63, 3.8) is 0 Å². The number of imidazole rings is 1. The Hall–Kier alpha value is -2.18. The second-order valence-electron chi connectivity index (χ2n) is 8.39. The summed E-state index contributed by atoms with van der Waals surface area (Å²) in [6.45, 7) is 6.93. The lowest BCUT2D eigenvalue weighted by molar-refractivity contribution is -0.0473. The van der Waals surface area contributed by atoms with E-state index in [1.165, 1.54) is 7.05 Å². The van der Waals surface area contributed by atoms with E-state index in [-0.39, 0.29) is 24.2 Å². The Labute approximate surface area is 158 Å². The number of amides is 1. The first-order chi connectivity index (χ1) is 12.6. The van der Waals surface area contributed by atoms with Gasteiger partial charge in [-0.05, 0) is 30.9 Å². The van der Waals surface area contributed by atoms with E-state index in [0.717, 1.165) is 16.9 Å². The Morgan fingerprint density at radius 3 is 2.59 bits per heavy atom.